The number of fused-ring (bicyclic) bond motifs is 3. The van der Waals surface area contributed by atoms with E-state index in [4.69, 9.17) is 39.8 Å². The Bertz CT molecular complexity index is 1130. The molecule has 2 heterocycles. The fourth-order valence-electron chi connectivity index (χ4n) is 3.38. The molecule has 0 atom stereocenters. The van der Waals surface area contributed by atoms with Crippen LogP contribution in [0.1, 0.15) is 41.6 Å². The van der Waals surface area contributed by atoms with E-state index < -0.39 is 0 Å². The zero-order valence-electron chi connectivity index (χ0n) is 14.6. The number of benzene rings is 1. The Labute approximate surface area is 175 Å². The van der Waals surface area contributed by atoms with E-state index in [1.165, 1.54) is 22.2 Å². The third-order valence-electron chi connectivity index (χ3n) is 4.68. The van der Waals surface area contributed by atoms with E-state index in [0.717, 1.165) is 29.7 Å². The Kier molecular flexibility index (Phi) is 5.30. The molecule has 4 nitrogen and oxygen atoms in total. The molecule has 0 aliphatic heterocycles. The van der Waals surface area contributed by atoms with Crippen molar-refractivity contribution in [2.75, 3.05) is 0 Å². The lowest BCUT2D eigenvalue weighted by Gasteiger charge is -2.10. The Morgan fingerprint density at radius 1 is 1.26 bits per heavy atom. The quantitative estimate of drug-likeness (QED) is 0.385. The number of aromatic nitrogens is 2. The Balaban J connectivity index is 1.89. The van der Waals surface area contributed by atoms with Crippen LogP contribution in [0.25, 0.3) is 10.2 Å². The first-order chi connectivity index (χ1) is 13.0. The predicted octanol–water partition coefficient (Wildman–Crippen LogP) is 5.74. The molecule has 0 spiro atoms. The summed E-state index contributed by atoms with van der Waals surface area (Å²) in [5.41, 5.74) is 1.57. The highest BCUT2D eigenvalue weighted by Gasteiger charge is 2.21. The number of hydrogen-bond acceptors (Lipinski definition) is 4. The number of rotatable bonds is 3. The van der Waals surface area contributed by atoms with E-state index in [1.54, 1.807) is 23.5 Å². The highest BCUT2D eigenvalue weighted by Crippen LogP contribution is 2.34. The maximum Gasteiger partial charge on any atom is 0.283 e. The van der Waals surface area contributed by atoms with Gasteiger partial charge >= 0.3 is 0 Å². The smallest absolute Gasteiger partial charge is 0.267 e. The van der Waals surface area contributed by atoms with Crippen LogP contribution in [0, 0.1) is 0 Å². The summed E-state index contributed by atoms with van der Waals surface area (Å²) >= 11 is 20.0. The standard InChI is InChI=1S/C19H16Cl3N3OS/c1-2-15-24-18-16(12-5-3-4-6-14(12)27-18)19(26)25(15)23-9-10-7-11(20)8-13(21)17(10)22/h7-9H,2-6H2,1H3/b23-9+. The molecule has 27 heavy (non-hydrogen) atoms. The predicted molar refractivity (Wildman–Crippen MR) is 114 cm³/mol. The van der Waals surface area contributed by atoms with Crippen molar-refractivity contribution in [2.24, 2.45) is 5.10 Å². The molecule has 1 aromatic carbocycles. The molecule has 0 bridgehead atoms. The van der Waals surface area contributed by atoms with Gasteiger partial charge in [-0.3, -0.25) is 4.79 Å². The van der Waals surface area contributed by atoms with Gasteiger partial charge in [-0.2, -0.15) is 9.78 Å². The summed E-state index contributed by atoms with van der Waals surface area (Å²) in [6, 6.07) is 3.23. The van der Waals surface area contributed by atoms with Gasteiger partial charge in [0.1, 0.15) is 10.7 Å². The summed E-state index contributed by atoms with van der Waals surface area (Å²) < 4.78 is 1.37. The summed E-state index contributed by atoms with van der Waals surface area (Å²) in [5.74, 6) is 0.617. The van der Waals surface area contributed by atoms with Gasteiger partial charge in [0, 0.05) is 21.9 Å². The maximum atomic E-state index is 13.2. The van der Waals surface area contributed by atoms with Crippen LogP contribution in [0.3, 0.4) is 0 Å². The van der Waals surface area contributed by atoms with Crippen LogP contribution >= 0.6 is 46.1 Å². The Hall–Kier alpha value is -1.40. The molecule has 0 unspecified atom stereocenters. The molecule has 0 saturated heterocycles. The molecule has 0 saturated carbocycles. The number of halogens is 3. The molecule has 8 heteroatoms. The summed E-state index contributed by atoms with van der Waals surface area (Å²) in [6.45, 7) is 1.95. The van der Waals surface area contributed by atoms with Crippen LogP contribution in [-0.2, 0) is 19.3 Å². The van der Waals surface area contributed by atoms with Gasteiger partial charge in [0.2, 0.25) is 0 Å². The molecule has 0 N–H and O–H groups in total. The monoisotopic (exact) mass is 439 g/mol. The molecule has 4 rings (SSSR count). The van der Waals surface area contributed by atoms with Crippen molar-refractivity contribution in [1.82, 2.24) is 9.66 Å². The molecular formula is C19H16Cl3N3OS. The molecule has 0 amide bonds. The van der Waals surface area contributed by atoms with Crippen LogP contribution < -0.4 is 5.56 Å². The van der Waals surface area contributed by atoms with Crippen LogP contribution in [0.15, 0.2) is 22.0 Å². The minimum atomic E-state index is -0.128. The highest BCUT2D eigenvalue weighted by atomic mass is 35.5. The lowest BCUT2D eigenvalue weighted by atomic mass is 9.97. The number of thiophene rings is 1. The van der Waals surface area contributed by atoms with Crippen LogP contribution in [-0.4, -0.2) is 15.9 Å². The molecule has 1 aliphatic rings. The van der Waals surface area contributed by atoms with Crippen molar-refractivity contribution in [3.05, 3.63) is 59.4 Å². The molecule has 0 radical (unpaired) electrons. The van der Waals surface area contributed by atoms with Gasteiger partial charge in [-0.05, 0) is 43.4 Å². The van der Waals surface area contributed by atoms with Crippen molar-refractivity contribution in [1.29, 1.82) is 0 Å². The van der Waals surface area contributed by atoms with E-state index in [1.807, 2.05) is 6.92 Å². The second kappa shape index (κ2) is 7.55. The Morgan fingerprint density at radius 2 is 2.04 bits per heavy atom. The van der Waals surface area contributed by atoms with Crippen LogP contribution in [0.5, 0.6) is 0 Å². The summed E-state index contributed by atoms with van der Waals surface area (Å²) in [7, 11) is 0. The third-order valence-corrected chi connectivity index (χ3v) is 6.90. The van der Waals surface area contributed by atoms with Gasteiger partial charge in [-0.15, -0.1) is 11.3 Å². The normalized spacial score (nSPS) is 14.2. The fraction of sp³-hybridized carbons (Fsp3) is 0.316. The first kappa shape index (κ1) is 18.9. The summed E-state index contributed by atoms with van der Waals surface area (Å²) in [6.07, 6.45) is 6.32. The average Bonchev–Trinajstić information content (AvgIpc) is 3.02. The second-order valence-electron chi connectivity index (χ2n) is 6.42. The van der Waals surface area contributed by atoms with E-state index in [0.29, 0.717) is 38.3 Å². The number of hydrogen-bond donors (Lipinski definition) is 0. The minimum absolute atomic E-state index is 0.128. The van der Waals surface area contributed by atoms with Gasteiger partial charge in [0.05, 0.1) is 21.6 Å². The molecule has 2 aromatic heterocycles. The lowest BCUT2D eigenvalue weighted by molar-refractivity contribution is 0.696. The first-order valence-corrected chi connectivity index (χ1v) is 10.7. The fourth-order valence-corrected chi connectivity index (χ4v) is 5.31. The van der Waals surface area contributed by atoms with E-state index in [9.17, 15) is 4.79 Å². The van der Waals surface area contributed by atoms with E-state index in [-0.39, 0.29) is 5.56 Å². The topological polar surface area (TPSA) is 47.2 Å². The van der Waals surface area contributed by atoms with Gasteiger partial charge in [-0.25, -0.2) is 4.98 Å². The molecule has 3 aromatic rings. The van der Waals surface area contributed by atoms with Gasteiger partial charge in [0.25, 0.3) is 5.56 Å². The van der Waals surface area contributed by atoms with Crippen LogP contribution in [0.4, 0.5) is 0 Å². The summed E-state index contributed by atoms with van der Waals surface area (Å²) in [5, 5.41) is 6.24. The maximum absolute atomic E-state index is 13.2. The van der Waals surface area contributed by atoms with Gasteiger partial charge < -0.3 is 0 Å². The third kappa shape index (κ3) is 3.42. The number of nitrogens with zero attached hydrogens (tertiary/aromatic N) is 3. The molecular weight excluding hydrogens is 425 g/mol. The zero-order valence-corrected chi connectivity index (χ0v) is 17.6. The van der Waals surface area contributed by atoms with Gasteiger partial charge in [-0.1, -0.05) is 41.7 Å². The zero-order chi connectivity index (χ0) is 19.1. The largest absolute Gasteiger partial charge is 0.283 e. The number of aryl methyl sites for hydroxylation is 3. The first-order valence-electron chi connectivity index (χ1n) is 8.74. The van der Waals surface area contributed by atoms with Crippen molar-refractivity contribution in [2.45, 2.75) is 39.0 Å². The van der Waals surface area contributed by atoms with E-state index >= 15 is 0 Å². The average molecular weight is 441 g/mol. The summed E-state index contributed by atoms with van der Waals surface area (Å²) in [4.78, 5) is 20.0. The van der Waals surface area contributed by atoms with Crippen molar-refractivity contribution < 1.29 is 0 Å². The second-order valence-corrected chi connectivity index (χ2v) is 8.73. The minimum Gasteiger partial charge on any atom is -0.267 e. The Morgan fingerprint density at radius 3 is 2.81 bits per heavy atom. The molecule has 0 fully saturated rings. The highest BCUT2D eigenvalue weighted by molar-refractivity contribution is 7.18. The van der Waals surface area contributed by atoms with Crippen molar-refractivity contribution >= 4 is 62.6 Å². The van der Waals surface area contributed by atoms with Crippen molar-refractivity contribution in [3.63, 3.8) is 0 Å². The lowest BCUT2D eigenvalue weighted by Crippen LogP contribution is -2.22. The van der Waals surface area contributed by atoms with Crippen LogP contribution in [0.2, 0.25) is 15.1 Å². The molecule has 1 aliphatic carbocycles. The molecule has 140 valence electrons. The van der Waals surface area contributed by atoms with Gasteiger partial charge in [0.15, 0.2) is 0 Å². The van der Waals surface area contributed by atoms with Crippen molar-refractivity contribution in [3.8, 4) is 0 Å². The SMILES string of the molecule is CCc1nc2sc3c(c2c(=O)n1/N=C/c1cc(Cl)cc(Cl)c1Cl)CCCC3. The van der Waals surface area contributed by atoms with E-state index in [2.05, 4.69) is 5.10 Å².